The Balaban J connectivity index is 2.97. The monoisotopic (exact) mass is 223 g/mol. The smallest absolute Gasteiger partial charge is 0.0862 e. The van der Waals surface area contributed by atoms with E-state index in [2.05, 4.69) is 13.0 Å². The quantitative estimate of drug-likeness (QED) is 0.790. The first kappa shape index (κ1) is 13.5. The molecule has 0 bridgehead atoms. The first-order valence-corrected chi connectivity index (χ1v) is 6.71. The molecule has 16 heavy (non-hydrogen) atoms. The van der Waals surface area contributed by atoms with Crippen LogP contribution in [0.5, 0.6) is 0 Å². The Morgan fingerprint density at radius 1 is 1.38 bits per heavy atom. The Morgan fingerprint density at radius 2 is 2.00 bits per heavy atom. The molecular weight excluding hydrogens is 198 g/mol. The summed E-state index contributed by atoms with van der Waals surface area (Å²) in [5, 5.41) is 20.2. The van der Waals surface area contributed by atoms with Crippen molar-refractivity contribution in [3.8, 4) is 6.07 Å². The number of hydrogen-bond acceptors (Lipinski definition) is 2. The van der Waals surface area contributed by atoms with Crippen LogP contribution in [0.3, 0.4) is 0 Å². The standard InChI is InChI=1S/C14H25NO/c1-4-12-8-7-9-13(10-12,11-15)14(16,5-2)6-3/h12,16H,4-10H2,1-3H3. The lowest BCUT2D eigenvalue weighted by Gasteiger charge is -2.46. The zero-order valence-electron chi connectivity index (χ0n) is 10.9. The van der Waals surface area contributed by atoms with E-state index >= 15 is 0 Å². The Bertz CT molecular complexity index is 264. The Labute approximate surface area is 99.7 Å². The molecule has 2 atom stereocenters. The first-order chi connectivity index (χ1) is 7.57. The summed E-state index contributed by atoms with van der Waals surface area (Å²) in [6, 6.07) is 2.47. The molecule has 1 N–H and O–H groups in total. The van der Waals surface area contributed by atoms with Gasteiger partial charge in [-0.2, -0.15) is 5.26 Å². The zero-order valence-corrected chi connectivity index (χ0v) is 10.9. The summed E-state index contributed by atoms with van der Waals surface area (Å²) in [6.07, 6.45) is 6.59. The maximum atomic E-state index is 10.7. The molecule has 0 heterocycles. The van der Waals surface area contributed by atoms with Crippen LogP contribution in [0.25, 0.3) is 0 Å². The molecule has 0 saturated heterocycles. The molecule has 1 aliphatic rings. The SMILES string of the molecule is CCC1CCCC(C#N)(C(O)(CC)CC)C1. The minimum atomic E-state index is -0.782. The van der Waals surface area contributed by atoms with E-state index in [4.69, 9.17) is 0 Å². The maximum Gasteiger partial charge on any atom is 0.0862 e. The highest BCUT2D eigenvalue weighted by atomic mass is 16.3. The highest BCUT2D eigenvalue weighted by molar-refractivity contribution is 5.12. The molecule has 0 spiro atoms. The van der Waals surface area contributed by atoms with E-state index in [0.717, 1.165) is 25.7 Å². The predicted octanol–water partition coefficient (Wildman–Crippen LogP) is 3.65. The lowest BCUT2D eigenvalue weighted by Crippen LogP contribution is -2.49. The van der Waals surface area contributed by atoms with Crippen molar-refractivity contribution in [1.29, 1.82) is 5.26 Å². The van der Waals surface area contributed by atoms with Gasteiger partial charge < -0.3 is 5.11 Å². The average Bonchev–Trinajstić information content (AvgIpc) is 2.37. The molecule has 1 aliphatic carbocycles. The van der Waals surface area contributed by atoms with Crippen molar-refractivity contribution in [3.05, 3.63) is 0 Å². The molecule has 0 amide bonds. The lowest BCUT2D eigenvalue weighted by molar-refractivity contribution is -0.0873. The fourth-order valence-corrected chi connectivity index (χ4v) is 3.29. The van der Waals surface area contributed by atoms with Gasteiger partial charge in [0.2, 0.25) is 0 Å². The van der Waals surface area contributed by atoms with Crippen molar-refractivity contribution in [2.24, 2.45) is 11.3 Å². The van der Waals surface area contributed by atoms with E-state index in [-0.39, 0.29) is 0 Å². The van der Waals surface area contributed by atoms with Gasteiger partial charge in [-0.3, -0.25) is 0 Å². The fourth-order valence-electron chi connectivity index (χ4n) is 3.29. The average molecular weight is 223 g/mol. The summed E-state index contributed by atoms with van der Waals surface area (Å²) < 4.78 is 0. The number of aliphatic hydroxyl groups is 1. The van der Waals surface area contributed by atoms with Crippen LogP contribution in [0.2, 0.25) is 0 Å². The fraction of sp³-hybridized carbons (Fsp3) is 0.929. The van der Waals surface area contributed by atoms with E-state index in [9.17, 15) is 10.4 Å². The maximum absolute atomic E-state index is 10.7. The molecule has 2 unspecified atom stereocenters. The molecule has 2 nitrogen and oxygen atoms in total. The molecule has 92 valence electrons. The number of hydrogen-bond donors (Lipinski definition) is 1. The van der Waals surface area contributed by atoms with E-state index < -0.39 is 11.0 Å². The Hall–Kier alpha value is -0.550. The highest BCUT2D eigenvalue weighted by Crippen LogP contribution is 2.49. The summed E-state index contributed by atoms with van der Waals surface area (Å²) in [5.41, 5.74) is -1.27. The van der Waals surface area contributed by atoms with Gasteiger partial charge in [-0.05, 0) is 31.6 Å². The van der Waals surface area contributed by atoms with Gasteiger partial charge in [-0.1, -0.05) is 40.0 Å². The van der Waals surface area contributed by atoms with Crippen LogP contribution in [-0.4, -0.2) is 10.7 Å². The summed E-state index contributed by atoms with van der Waals surface area (Å²) in [5.74, 6) is 0.623. The molecular formula is C14H25NO. The molecule has 1 rings (SSSR count). The van der Waals surface area contributed by atoms with Crippen molar-refractivity contribution >= 4 is 0 Å². The predicted molar refractivity (Wildman–Crippen MR) is 65.8 cm³/mol. The van der Waals surface area contributed by atoms with E-state index in [1.165, 1.54) is 6.42 Å². The molecule has 0 aromatic rings. The first-order valence-electron chi connectivity index (χ1n) is 6.71. The third kappa shape index (κ3) is 2.11. The minimum absolute atomic E-state index is 0.491. The molecule has 0 aromatic carbocycles. The largest absolute Gasteiger partial charge is 0.388 e. The second kappa shape index (κ2) is 5.19. The molecule has 2 heteroatoms. The summed E-state index contributed by atoms with van der Waals surface area (Å²) in [7, 11) is 0. The molecule has 0 aromatic heterocycles. The van der Waals surface area contributed by atoms with Gasteiger partial charge in [0.25, 0.3) is 0 Å². The van der Waals surface area contributed by atoms with Gasteiger partial charge in [0.1, 0.15) is 0 Å². The zero-order chi connectivity index (χ0) is 12.2. The topological polar surface area (TPSA) is 44.0 Å². The van der Waals surface area contributed by atoms with Gasteiger partial charge in [0, 0.05) is 0 Å². The highest BCUT2D eigenvalue weighted by Gasteiger charge is 2.50. The molecule has 0 radical (unpaired) electrons. The number of rotatable bonds is 4. The third-order valence-electron chi connectivity index (χ3n) is 4.71. The molecule has 1 fully saturated rings. The van der Waals surface area contributed by atoms with Crippen molar-refractivity contribution in [3.63, 3.8) is 0 Å². The molecule has 0 aliphatic heterocycles. The van der Waals surface area contributed by atoms with Crippen LogP contribution in [0, 0.1) is 22.7 Å². The van der Waals surface area contributed by atoms with Gasteiger partial charge in [-0.15, -0.1) is 0 Å². The van der Waals surface area contributed by atoms with Gasteiger partial charge in [-0.25, -0.2) is 0 Å². The van der Waals surface area contributed by atoms with Crippen molar-refractivity contribution in [2.45, 2.75) is 71.3 Å². The second-order valence-corrected chi connectivity index (χ2v) is 5.30. The second-order valence-electron chi connectivity index (χ2n) is 5.30. The third-order valence-corrected chi connectivity index (χ3v) is 4.71. The van der Waals surface area contributed by atoms with Crippen LogP contribution in [0.1, 0.15) is 65.7 Å². The Kier molecular flexibility index (Phi) is 4.38. The van der Waals surface area contributed by atoms with Crippen molar-refractivity contribution in [1.82, 2.24) is 0 Å². The molecule has 1 saturated carbocycles. The van der Waals surface area contributed by atoms with Crippen molar-refractivity contribution in [2.75, 3.05) is 0 Å². The van der Waals surface area contributed by atoms with E-state index in [1.54, 1.807) is 0 Å². The van der Waals surface area contributed by atoms with Gasteiger partial charge >= 0.3 is 0 Å². The van der Waals surface area contributed by atoms with E-state index in [0.29, 0.717) is 18.8 Å². The van der Waals surface area contributed by atoms with Gasteiger partial charge in [0.05, 0.1) is 17.1 Å². The van der Waals surface area contributed by atoms with Crippen LogP contribution in [0.4, 0.5) is 0 Å². The lowest BCUT2D eigenvalue weighted by atomic mass is 9.59. The number of nitrogens with zero attached hydrogens (tertiary/aromatic N) is 1. The van der Waals surface area contributed by atoms with E-state index in [1.807, 2.05) is 13.8 Å². The normalized spacial score (nSPS) is 31.1. The van der Waals surface area contributed by atoms with Crippen LogP contribution >= 0.6 is 0 Å². The van der Waals surface area contributed by atoms with Crippen LogP contribution < -0.4 is 0 Å². The summed E-state index contributed by atoms with van der Waals surface area (Å²) in [4.78, 5) is 0. The Morgan fingerprint density at radius 3 is 2.44 bits per heavy atom. The van der Waals surface area contributed by atoms with Crippen LogP contribution in [-0.2, 0) is 0 Å². The van der Waals surface area contributed by atoms with Crippen LogP contribution in [0.15, 0.2) is 0 Å². The summed E-state index contributed by atoms with van der Waals surface area (Å²) in [6.45, 7) is 6.19. The van der Waals surface area contributed by atoms with Crippen molar-refractivity contribution < 1.29 is 5.11 Å². The minimum Gasteiger partial charge on any atom is -0.388 e. The summed E-state index contributed by atoms with van der Waals surface area (Å²) >= 11 is 0. The van der Waals surface area contributed by atoms with Gasteiger partial charge in [0.15, 0.2) is 0 Å². The number of nitriles is 1.